The van der Waals surface area contributed by atoms with Crippen molar-refractivity contribution in [3.8, 4) is 22.9 Å². The van der Waals surface area contributed by atoms with Crippen LogP contribution in [0.25, 0.3) is 11.4 Å². The molecule has 44 heavy (non-hydrogen) atoms. The van der Waals surface area contributed by atoms with E-state index in [4.69, 9.17) is 9.47 Å². The highest BCUT2D eigenvalue weighted by Gasteiger charge is 2.32. The first-order chi connectivity index (χ1) is 20.6. The Hall–Kier alpha value is -4.24. The molecule has 0 aliphatic carbocycles. The molecule has 1 atom stereocenters. The molecule has 1 fully saturated rings. The molecule has 0 bridgehead atoms. The molecule has 1 aliphatic heterocycles. The van der Waals surface area contributed by atoms with Gasteiger partial charge in [-0.15, -0.1) is 5.54 Å². The van der Waals surface area contributed by atoms with Gasteiger partial charge >= 0.3 is 12.1 Å². The summed E-state index contributed by atoms with van der Waals surface area (Å²) < 4.78 is 10.5. The Morgan fingerprint density at radius 2 is 1.64 bits per heavy atom. The fourth-order valence-electron chi connectivity index (χ4n) is 4.28. The van der Waals surface area contributed by atoms with E-state index in [1.165, 1.54) is 11.0 Å². The number of amides is 3. The highest BCUT2D eigenvalue weighted by Crippen LogP contribution is 2.17. The van der Waals surface area contributed by atoms with E-state index in [0.29, 0.717) is 24.6 Å². The number of hydrogen-bond donors (Lipinski definition) is 1. The molecule has 0 spiro atoms. The zero-order chi connectivity index (χ0) is 32.5. The molecule has 12 heteroatoms. The number of rotatable bonds is 8. The molecule has 1 aromatic carbocycles. The molecule has 1 aromatic heterocycles. The van der Waals surface area contributed by atoms with Crippen molar-refractivity contribution in [2.45, 2.75) is 71.8 Å². The summed E-state index contributed by atoms with van der Waals surface area (Å²) in [7, 11) is -1.75. The molecule has 0 saturated carbocycles. The molecule has 1 N–H and O–H groups in total. The van der Waals surface area contributed by atoms with Crippen molar-refractivity contribution in [2.24, 2.45) is 0 Å². The second kappa shape index (κ2) is 15.0. The topological polar surface area (TPSA) is 131 Å². The van der Waals surface area contributed by atoms with Crippen molar-refractivity contribution in [3.63, 3.8) is 0 Å². The van der Waals surface area contributed by atoms with Crippen LogP contribution in [0, 0.1) is 11.5 Å². The standard InChI is InChI=1S/C32H43N5O6Si/c1-8-42-31(41)37-19-17-36(18-20-37)30(40)25(14-15-27(38)43-32(2,3)4)35-29(39)26-22-24(16-21-44(5,6)7)33-28(34-26)23-12-10-9-11-13-23/h9-13,22,25H,8,14-15,17-20H2,1-7H3,(H,35,39). The quantitative estimate of drug-likeness (QED) is 0.267. The van der Waals surface area contributed by atoms with Gasteiger partial charge < -0.3 is 24.6 Å². The average Bonchev–Trinajstić information content (AvgIpc) is 2.97. The van der Waals surface area contributed by atoms with Crippen molar-refractivity contribution in [2.75, 3.05) is 32.8 Å². The minimum atomic E-state index is -1.75. The number of piperazine rings is 1. The smallest absolute Gasteiger partial charge is 0.409 e. The highest BCUT2D eigenvalue weighted by molar-refractivity contribution is 6.83. The van der Waals surface area contributed by atoms with Gasteiger partial charge in [0, 0.05) is 44.2 Å². The average molecular weight is 622 g/mol. The summed E-state index contributed by atoms with van der Waals surface area (Å²) in [5.74, 6) is 2.01. The van der Waals surface area contributed by atoms with Crippen LogP contribution in [0.4, 0.5) is 4.79 Å². The van der Waals surface area contributed by atoms with Gasteiger partial charge in [0.1, 0.15) is 31.1 Å². The molecule has 1 aliphatic rings. The highest BCUT2D eigenvalue weighted by atomic mass is 28.3. The lowest BCUT2D eigenvalue weighted by Gasteiger charge is -2.36. The summed E-state index contributed by atoms with van der Waals surface area (Å²) in [4.78, 5) is 64.3. The number of hydrogen-bond acceptors (Lipinski definition) is 8. The molecule has 0 radical (unpaired) electrons. The summed E-state index contributed by atoms with van der Waals surface area (Å²) in [6, 6.07) is 9.75. The van der Waals surface area contributed by atoms with E-state index >= 15 is 0 Å². The van der Waals surface area contributed by atoms with Gasteiger partial charge in [-0.3, -0.25) is 14.4 Å². The molecular weight excluding hydrogens is 578 g/mol. The Balaban J connectivity index is 1.88. The van der Waals surface area contributed by atoms with Crippen LogP contribution in [0.1, 0.15) is 56.7 Å². The second-order valence-corrected chi connectivity index (χ2v) is 17.2. The number of aromatic nitrogens is 2. The number of nitrogens with one attached hydrogen (secondary N) is 1. The molecule has 236 valence electrons. The minimum absolute atomic E-state index is 0.0243. The van der Waals surface area contributed by atoms with E-state index in [1.807, 2.05) is 30.3 Å². The van der Waals surface area contributed by atoms with Crippen LogP contribution in [0.3, 0.4) is 0 Å². The van der Waals surface area contributed by atoms with E-state index in [9.17, 15) is 19.2 Å². The number of esters is 1. The summed E-state index contributed by atoms with van der Waals surface area (Å²) in [6.07, 6.45) is -0.487. The lowest BCUT2D eigenvalue weighted by Crippen LogP contribution is -2.56. The van der Waals surface area contributed by atoms with E-state index in [1.54, 1.807) is 32.6 Å². The van der Waals surface area contributed by atoms with Gasteiger partial charge in [0.25, 0.3) is 5.91 Å². The van der Waals surface area contributed by atoms with Crippen LogP contribution in [-0.2, 0) is 19.1 Å². The predicted molar refractivity (Wildman–Crippen MR) is 169 cm³/mol. The normalized spacial score (nSPS) is 14.2. The van der Waals surface area contributed by atoms with Crippen LogP contribution in [-0.4, -0.2) is 96.1 Å². The molecule has 11 nitrogen and oxygen atoms in total. The van der Waals surface area contributed by atoms with E-state index in [0.717, 1.165) is 5.56 Å². The van der Waals surface area contributed by atoms with Crippen molar-refractivity contribution in [1.82, 2.24) is 25.1 Å². The number of ether oxygens (including phenoxy) is 2. The molecule has 1 unspecified atom stereocenters. The van der Waals surface area contributed by atoms with Gasteiger partial charge in [-0.05, 0) is 34.1 Å². The van der Waals surface area contributed by atoms with Gasteiger partial charge in [0.15, 0.2) is 5.82 Å². The van der Waals surface area contributed by atoms with Crippen LogP contribution in [0.2, 0.25) is 19.6 Å². The lowest BCUT2D eigenvalue weighted by atomic mass is 10.1. The van der Waals surface area contributed by atoms with Crippen molar-refractivity contribution in [1.29, 1.82) is 0 Å². The maximum atomic E-state index is 13.7. The number of nitrogens with zero attached hydrogens (tertiary/aromatic N) is 4. The summed E-state index contributed by atoms with van der Waals surface area (Å²) in [6.45, 7) is 14.7. The van der Waals surface area contributed by atoms with Crippen LogP contribution in [0.15, 0.2) is 36.4 Å². The molecule has 3 rings (SSSR count). The first-order valence-corrected chi connectivity index (χ1v) is 18.4. The zero-order valence-electron chi connectivity index (χ0n) is 26.7. The van der Waals surface area contributed by atoms with Crippen LogP contribution >= 0.6 is 0 Å². The zero-order valence-corrected chi connectivity index (χ0v) is 27.7. The third kappa shape index (κ3) is 10.8. The fourth-order valence-corrected chi connectivity index (χ4v) is 4.79. The maximum Gasteiger partial charge on any atom is 0.409 e. The summed E-state index contributed by atoms with van der Waals surface area (Å²) >= 11 is 0. The number of carbonyl (C=O) groups excluding carboxylic acids is 4. The first-order valence-electron chi connectivity index (χ1n) is 14.9. The van der Waals surface area contributed by atoms with Gasteiger partial charge in [0.05, 0.1) is 6.61 Å². The van der Waals surface area contributed by atoms with E-state index in [-0.39, 0.29) is 44.1 Å². The Kier molecular flexibility index (Phi) is 11.7. The first kappa shape index (κ1) is 34.2. The van der Waals surface area contributed by atoms with Gasteiger partial charge in [-0.1, -0.05) is 55.9 Å². The maximum absolute atomic E-state index is 13.7. The summed E-state index contributed by atoms with van der Waals surface area (Å²) in [5.41, 5.74) is 3.76. The molecule has 3 amide bonds. The molecule has 2 aromatic rings. The number of benzene rings is 1. The van der Waals surface area contributed by atoms with Crippen LogP contribution < -0.4 is 5.32 Å². The Bertz CT molecular complexity index is 1400. The van der Waals surface area contributed by atoms with Crippen LogP contribution in [0.5, 0.6) is 0 Å². The van der Waals surface area contributed by atoms with Crippen molar-refractivity contribution < 1.29 is 28.7 Å². The monoisotopic (exact) mass is 621 g/mol. The molecule has 1 saturated heterocycles. The SMILES string of the molecule is CCOC(=O)N1CCN(C(=O)C(CCC(=O)OC(C)(C)C)NC(=O)c2cc(C#C[Si](C)(C)C)nc(-c3ccccc3)n2)CC1. The predicted octanol–water partition coefficient (Wildman–Crippen LogP) is 3.89. The lowest BCUT2D eigenvalue weighted by molar-refractivity contribution is -0.155. The Morgan fingerprint density at radius 1 is 1.00 bits per heavy atom. The molecular formula is C32H43N5O6Si. The Labute approximate surface area is 260 Å². The second-order valence-electron chi connectivity index (χ2n) is 12.5. The minimum Gasteiger partial charge on any atom is -0.460 e. The Morgan fingerprint density at radius 3 is 2.23 bits per heavy atom. The fraction of sp³-hybridized carbons (Fsp3) is 0.500. The van der Waals surface area contributed by atoms with Crippen molar-refractivity contribution in [3.05, 3.63) is 47.8 Å². The van der Waals surface area contributed by atoms with Gasteiger partial charge in [0.2, 0.25) is 5.91 Å². The largest absolute Gasteiger partial charge is 0.460 e. The van der Waals surface area contributed by atoms with Crippen molar-refractivity contribution >= 4 is 32.0 Å². The third-order valence-corrected chi connectivity index (χ3v) is 7.21. The van der Waals surface area contributed by atoms with E-state index in [2.05, 4.69) is 46.4 Å². The third-order valence-electron chi connectivity index (χ3n) is 6.33. The molecule has 2 heterocycles. The summed E-state index contributed by atoms with van der Waals surface area (Å²) in [5, 5.41) is 2.81. The van der Waals surface area contributed by atoms with E-state index < -0.39 is 37.7 Å². The number of carbonyl (C=O) groups is 4. The van der Waals surface area contributed by atoms with Gasteiger partial charge in [-0.2, -0.15) is 0 Å². The van der Waals surface area contributed by atoms with Gasteiger partial charge in [-0.25, -0.2) is 14.8 Å².